The van der Waals surface area contributed by atoms with Crippen molar-refractivity contribution >= 4 is 0 Å². The second kappa shape index (κ2) is 3.89. The van der Waals surface area contributed by atoms with E-state index in [4.69, 9.17) is 0 Å². The fourth-order valence-corrected chi connectivity index (χ4v) is 2.74. The summed E-state index contributed by atoms with van der Waals surface area (Å²) < 4.78 is 0. The number of aryl methyl sites for hydroxylation is 3. The molecular weight excluding hydrogens is 196 g/mol. The molecule has 1 nitrogen and oxygen atoms in total. The lowest BCUT2D eigenvalue weighted by Gasteiger charge is -2.21. The molecule has 0 aromatic heterocycles. The molecule has 1 aromatic carbocycles. The maximum absolute atomic E-state index is 9.84. The molecule has 1 fully saturated rings. The Morgan fingerprint density at radius 1 is 1.19 bits per heavy atom. The van der Waals surface area contributed by atoms with Gasteiger partial charge in [0.25, 0.3) is 0 Å². The predicted octanol–water partition coefficient (Wildman–Crippen LogP) is 3.32. The van der Waals surface area contributed by atoms with Crippen molar-refractivity contribution in [1.82, 2.24) is 0 Å². The number of hydrogen-bond donors (Lipinski definition) is 1. The lowest BCUT2D eigenvalue weighted by Crippen LogP contribution is -2.21. The van der Waals surface area contributed by atoms with Crippen LogP contribution in [0.15, 0.2) is 12.1 Å². The minimum Gasteiger partial charge on any atom is -0.393 e. The molecule has 1 aliphatic carbocycles. The standard InChI is InChI=1S/C15H22O/c1-10-7-11(2)14(12(3)8-10)9-15(5-6-15)13(4)16/h7-8,13,16H,5-6,9H2,1-4H3. The van der Waals surface area contributed by atoms with Crippen LogP contribution in [-0.4, -0.2) is 11.2 Å². The molecule has 1 saturated carbocycles. The van der Waals surface area contributed by atoms with E-state index in [1.165, 1.54) is 35.1 Å². The van der Waals surface area contributed by atoms with Crippen LogP contribution in [0.1, 0.15) is 42.0 Å². The van der Waals surface area contributed by atoms with Crippen molar-refractivity contribution in [3.63, 3.8) is 0 Å². The van der Waals surface area contributed by atoms with Crippen molar-refractivity contribution in [2.45, 2.75) is 53.1 Å². The van der Waals surface area contributed by atoms with E-state index in [0.29, 0.717) is 0 Å². The number of hydrogen-bond acceptors (Lipinski definition) is 1. The molecule has 0 aliphatic heterocycles. The second-order valence-electron chi connectivity index (χ2n) is 5.59. The van der Waals surface area contributed by atoms with Gasteiger partial charge >= 0.3 is 0 Å². The highest BCUT2D eigenvalue weighted by molar-refractivity contribution is 5.38. The predicted molar refractivity (Wildman–Crippen MR) is 67.7 cm³/mol. The first-order chi connectivity index (χ1) is 7.44. The summed E-state index contributed by atoms with van der Waals surface area (Å²) in [5.41, 5.74) is 5.73. The molecule has 16 heavy (non-hydrogen) atoms. The first-order valence-electron chi connectivity index (χ1n) is 6.19. The van der Waals surface area contributed by atoms with Gasteiger partial charge in [-0.15, -0.1) is 0 Å². The molecule has 1 heteroatoms. The zero-order chi connectivity index (χ0) is 11.9. The van der Waals surface area contributed by atoms with Crippen LogP contribution in [0.3, 0.4) is 0 Å². The van der Waals surface area contributed by atoms with E-state index in [9.17, 15) is 5.11 Å². The van der Waals surface area contributed by atoms with Gasteiger partial charge in [-0.3, -0.25) is 0 Å². The Kier molecular flexibility index (Phi) is 2.83. The zero-order valence-corrected chi connectivity index (χ0v) is 10.8. The van der Waals surface area contributed by atoms with E-state index in [1.807, 2.05) is 6.92 Å². The quantitative estimate of drug-likeness (QED) is 0.825. The maximum atomic E-state index is 9.84. The third kappa shape index (κ3) is 2.01. The molecule has 88 valence electrons. The number of aliphatic hydroxyl groups excluding tert-OH is 1. The average Bonchev–Trinajstić information content (AvgIpc) is 2.92. The van der Waals surface area contributed by atoms with Crippen molar-refractivity contribution < 1.29 is 5.11 Å². The first kappa shape index (κ1) is 11.7. The van der Waals surface area contributed by atoms with Gasteiger partial charge in [0.15, 0.2) is 0 Å². The average molecular weight is 218 g/mol. The monoisotopic (exact) mass is 218 g/mol. The lowest BCUT2D eigenvalue weighted by molar-refractivity contribution is 0.110. The summed E-state index contributed by atoms with van der Waals surface area (Å²) in [7, 11) is 0. The van der Waals surface area contributed by atoms with E-state index < -0.39 is 0 Å². The maximum Gasteiger partial charge on any atom is 0.0571 e. The van der Waals surface area contributed by atoms with Crippen LogP contribution in [0.4, 0.5) is 0 Å². The van der Waals surface area contributed by atoms with Gasteiger partial charge in [-0.2, -0.15) is 0 Å². The largest absolute Gasteiger partial charge is 0.393 e. The summed E-state index contributed by atoms with van der Waals surface area (Å²) in [4.78, 5) is 0. The van der Waals surface area contributed by atoms with E-state index in [-0.39, 0.29) is 11.5 Å². The molecule has 0 amide bonds. The Hall–Kier alpha value is -0.820. The molecule has 1 N–H and O–H groups in total. The third-order valence-electron chi connectivity index (χ3n) is 4.15. The fourth-order valence-electron chi connectivity index (χ4n) is 2.74. The Balaban J connectivity index is 2.29. The smallest absolute Gasteiger partial charge is 0.0571 e. The molecule has 1 atom stereocenters. The summed E-state index contributed by atoms with van der Waals surface area (Å²) in [5.74, 6) is 0. The summed E-state index contributed by atoms with van der Waals surface area (Å²) in [6.07, 6.45) is 3.23. The summed E-state index contributed by atoms with van der Waals surface area (Å²) in [5, 5.41) is 9.84. The van der Waals surface area contributed by atoms with Crippen LogP contribution in [-0.2, 0) is 6.42 Å². The lowest BCUT2D eigenvalue weighted by atomic mass is 9.87. The van der Waals surface area contributed by atoms with Gasteiger partial charge in [0.1, 0.15) is 0 Å². The van der Waals surface area contributed by atoms with Crippen molar-refractivity contribution in [3.8, 4) is 0 Å². The SMILES string of the molecule is Cc1cc(C)c(CC2(C(C)O)CC2)c(C)c1. The van der Waals surface area contributed by atoms with E-state index in [0.717, 1.165) is 6.42 Å². The van der Waals surface area contributed by atoms with Crippen molar-refractivity contribution in [3.05, 3.63) is 34.4 Å². The van der Waals surface area contributed by atoms with Gasteiger partial charge in [-0.05, 0) is 63.6 Å². The first-order valence-corrected chi connectivity index (χ1v) is 6.19. The van der Waals surface area contributed by atoms with Gasteiger partial charge in [0.05, 0.1) is 6.10 Å². The van der Waals surface area contributed by atoms with Crippen molar-refractivity contribution in [2.75, 3.05) is 0 Å². The Morgan fingerprint density at radius 2 is 1.69 bits per heavy atom. The van der Waals surface area contributed by atoms with Crippen LogP contribution < -0.4 is 0 Å². The topological polar surface area (TPSA) is 20.2 Å². The van der Waals surface area contributed by atoms with Crippen molar-refractivity contribution in [2.24, 2.45) is 5.41 Å². The van der Waals surface area contributed by atoms with Crippen LogP contribution in [0.2, 0.25) is 0 Å². The minimum atomic E-state index is -0.174. The molecule has 1 aliphatic rings. The Labute approximate surface area is 98.5 Å². The molecule has 0 heterocycles. The molecule has 0 saturated heterocycles. The molecule has 1 unspecified atom stereocenters. The van der Waals surface area contributed by atoms with Crippen LogP contribution in [0.25, 0.3) is 0 Å². The van der Waals surface area contributed by atoms with Crippen LogP contribution in [0.5, 0.6) is 0 Å². The normalized spacial score (nSPS) is 19.6. The molecule has 0 spiro atoms. The highest BCUT2D eigenvalue weighted by atomic mass is 16.3. The highest BCUT2D eigenvalue weighted by Crippen LogP contribution is 2.51. The third-order valence-corrected chi connectivity index (χ3v) is 4.15. The minimum absolute atomic E-state index is 0.174. The second-order valence-corrected chi connectivity index (χ2v) is 5.59. The number of rotatable bonds is 3. The summed E-state index contributed by atoms with van der Waals surface area (Å²) >= 11 is 0. The zero-order valence-electron chi connectivity index (χ0n) is 10.8. The number of benzene rings is 1. The molecule has 2 rings (SSSR count). The number of aliphatic hydroxyl groups is 1. The van der Waals surface area contributed by atoms with E-state index in [1.54, 1.807) is 0 Å². The fraction of sp³-hybridized carbons (Fsp3) is 0.600. The van der Waals surface area contributed by atoms with Crippen LogP contribution >= 0.6 is 0 Å². The van der Waals surface area contributed by atoms with Crippen LogP contribution in [0, 0.1) is 26.2 Å². The van der Waals surface area contributed by atoms with Gasteiger partial charge in [-0.1, -0.05) is 17.7 Å². The molecule has 1 aromatic rings. The molecule has 0 bridgehead atoms. The summed E-state index contributed by atoms with van der Waals surface area (Å²) in [6.45, 7) is 8.46. The van der Waals surface area contributed by atoms with Gasteiger partial charge < -0.3 is 5.11 Å². The van der Waals surface area contributed by atoms with Gasteiger partial charge in [0.2, 0.25) is 0 Å². The van der Waals surface area contributed by atoms with E-state index >= 15 is 0 Å². The van der Waals surface area contributed by atoms with E-state index in [2.05, 4.69) is 32.9 Å². The Morgan fingerprint density at radius 3 is 2.06 bits per heavy atom. The summed E-state index contributed by atoms with van der Waals surface area (Å²) in [6, 6.07) is 4.50. The molecule has 0 radical (unpaired) electrons. The Bertz CT molecular complexity index is 377. The van der Waals surface area contributed by atoms with Gasteiger partial charge in [-0.25, -0.2) is 0 Å². The molecular formula is C15H22O. The van der Waals surface area contributed by atoms with Gasteiger partial charge in [0, 0.05) is 5.41 Å². The van der Waals surface area contributed by atoms with Crippen molar-refractivity contribution in [1.29, 1.82) is 0 Å². The highest BCUT2D eigenvalue weighted by Gasteiger charge is 2.46.